The Bertz CT molecular complexity index is 1700. The van der Waals surface area contributed by atoms with Crippen LogP contribution in [0.2, 0.25) is 10.0 Å². The molecule has 3 aromatic heterocycles. The van der Waals surface area contributed by atoms with Gasteiger partial charge in [-0.3, -0.25) is 9.48 Å². The topological polar surface area (TPSA) is 129 Å². The zero-order valence-electron chi connectivity index (χ0n) is 24.5. The van der Waals surface area contributed by atoms with Crippen LogP contribution in [-0.2, 0) is 16.6 Å². The summed E-state index contributed by atoms with van der Waals surface area (Å²) in [5.41, 5.74) is 2.58. The number of nitrogens with one attached hydrogen (secondary N) is 2. The number of anilines is 3. The van der Waals surface area contributed by atoms with Crippen LogP contribution in [0.4, 0.5) is 17.5 Å². The Hall–Kier alpha value is -4.13. The molecule has 6 rings (SSSR count). The summed E-state index contributed by atoms with van der Waals surface area (Å²) in [7, 11) is 4.93. The van der Waals surface area contributed by atoms with Crippen LogP contribution >= 0.6 is 23.2 Å². The normalized spacial score (nSPS) is 18.2. The van der Waals surface area contributed by atoms with Crippen molar-refractivity contribution in [2.75, 3.05) is 56.1 Å². The molecule has 2 N–H and O–H groups in total. The number of carbonyl (C=O) groups is 1. The Balaban J connectivity index is 1.37. The van der Waals surface area contributed by atoms with Crippen molar-refractivity contribution in [2.45, 2.75) is 18.5 Å². The molecular formula is C30H32Cl2N8O4. The Morgan fingerprint density at radius 3 is 2.48 bits per heavy atom. The van der Waals surface area contributed by atoms with Gasteiger partial charge in [0, 0.05) is 61.9 Å². The number of halogens is 2. The minimum Gasteiger partial charge on any atom is -0.495 e. The van der Waals surface area contributed by atoms with E-state index in [1.165, 1.54) is 20.3 Å². The second-order valence-corrected chi connectivity index (χ2v) is 11.6. The molecule has 230 valence electrons. The lowest BCUT2D eigenvalue weighted by Gasteiger charge is -2.28. The third-order valence-electron chi connectivity index (χ3n) is 7.88. The van der Waals surface area contributed by atoms with Crippen LogP contribution < -0.4 is 25.0 Å². The molecule has 2 atom stereocenters. The Kier molecular flexibility index (Phi) is 8.48. The first-order valence-electron chi connectivity index (χ1n) is 14.1. The van der Waals surface area contributed by atoms with Crippen LogP contribution in [0.15, 0.2) is 43.4 Å². The third kappa shape index (κ3) is 5.84. The number of methoxy groups -OCH3 is 2. The van der Waals surface area contributed by atoms with Crippen LogP contribution in [0, 0.1) is 5.92 Å². The van der Waals surface area contributed by atoms with Crippen molar-refractivity contribution < 1.29 is 19.0 Å². The maximum Gasteiger partial charge on any atom is 0.223 e. The maximum absolute atomic E-state index is 12.4. The lowest BCUT2D eigenvalue weighted by molar-refractivity contribution is -0.115. The summed E-state index contributed by atoms with van der Waals surface area (Å²) in [6, 6.07) is 3.44. The second kappa shape index (κ2) is 12.5. The van der Waals surface area contributed by atoms with Gasteiger partial charge in [-0.05, 0) is 12.1 Å². The molecular weight excluding hydrogens is 607 g/mol. The summed E-state index contributed by atoms with van der Waals surface area (Å²) in [4.78, 5) is 29.0. The first-order valence-corrected chi connectivity index (χ1v) is 14.8. The Morgan fingerprint density at radius 2 is 1.86 bits per heavy atom. The molecule has 0 saturated carbocycles. The number of aryl methyl sites for hydroxylation is 1. The summed E-state index contributed by atoms with van der Waals surface area (Å²) in [6.45, 7) is 6.08. The van der Waals surface area contributed by atoms with E-state index in [9.17, 15) is 4.79 Å². The van der Waals surface area contributed by atoms with E-state index in [-0.39, 0.29) is 23.8 Å². The van der Waals surface area contributed by atoms with Gasteiger partial charge in [-0.25, -0.2) is 15.0 Å². The summed E-state index contributed by atoms with van der Waals surface area (Å²) < 4.78 is 18.1. The van der Waals surface area contributed by atoms with Gasteiger partial charge in [0.15, 0.2) is 11.6 Å². The summed E-state index contributed by atoms with van der Waals surface area (Å²) in [5, 5.41) is 12.6. The summed E-state index contributed by atoms with van der Waals surface area (Å²) in [5.74, 6) is 1.78. The smallest absolute Gasteiger partial charge is 0.223 e. The molecule has 2 aliphatic heterocycles. The highest BCUT2D eigenvalue weighted by atomic mass is 35.5. The number of benzene rings is 1. The zero-order valence-corrected chi connectivity index (χ0v) is 26.0. The number of fused-ring (bicyclic) bond motifs is 1. The van der Waals surface area contributed by atoms with E-state index in [1.807, 2.05) is 25.5 Å². The van der Waals surface area contributed by atoms with Gasteiger partial charge in [0.05, 0.1) is 67.1 Å². The number of hydrogen-bond donors (Lipinski definition) is 2. The number of ketones is 1. The molecule has 0 unspecified atom stereocenters. The largest absolute Gasteiger partial charge is 0.495 e. The number of hydrogen-bond acceptors (Lipinski definition) is 11. The van der Waals surface area contributed by atoms with Crippen molar-refractivity contribution >= 4 is 57.3 Å². The number of aromatic nitrogens is 5. The predicted octanol–water partition coefficient (Wildman–Crippen LogP) is 4.62. The molecule has 0 aliphatic carbocycles. The number of allylic oxidation sites excluding steroid dienone is 1. The van der Waals surface area contributed by atoms with E-state index in [2.05, 4.69) is 32.2 Å². The average Bonchev–Trinajstić information content (AvgIpc) is 3.60. The van der Waals surface area contributed by atoms with Gasteiger partial charge in [-0.2, -0.15) is 5.10 Å². The van der Waals surface area contributed by atoms with Crippen LogP contribution in [0.1, 0.15) is 6.42 Å². The van der Waals surface area contributed by atoms with Gasteiger partial charge in [-0.15, -0.1) is 0 Å². The fraction of sp³-hybridized carbons (Fsp3) is 0.367. The van der Waals surface area contributed by atoms with Crippen molar-refractivity contribution in [3.8, 4) is 22.8 Å². The SMILES string of the molecule is C=CC(=O)C[C@H]1CN(c2cnn(C)c2)C[C@H]1Nc1ncc2cc(-c3c(Cl)c(OC)cc(OC)c3Cl)nc(NC3COC3)c2n1. The van der Waals surface area contributed by atoms with E-state index in [0.29, 0.717) is 82.8 Å². The first kappa shape index (κ1) is 29.9. The molecule has 14 heteroatoms. The van der Waals surface area contributed by atoms with E-state index in [0.717, 1.165) is 11.1 Å². The van der Waals surface area contributed by atoms with Crippen LogP contribution in [0.3, 0.4) is 0 Å². The van der Waals surface area contributed by atoms with Crippen LogP contribution in [0.5, 0.6) is 11.5 Å². The fourth-order valence-electron chi connectivity index (χ4n) is 5.49. The molecule has 0 spiro atoms. The Morgan fingerprint density at radius 1 is 1.11 bits per heavy atom. The van der Waals surface area contributed by atoms with E-state index < -0.39 is 0 Å². The first-order chi connectivity index (χ1) is 21.3. The molecule has 44 heavy (non-hydrogen) atoms. The van der Waals surface area contributed by atoms with E-state index >= 15 is 0 Å². The molecule has 2 aliphatic rings. The van der Waals surface area contributed by atoms with Gasteiger partial charge in [-0.1, -0.05) is 29.8 Å². The number of carbonyl (C=O) groups excluding carboxylic acids is 1. The maximum atomic E-state index is 12.4. The van der Waals surface area contributed by atoms with Gasteiger partial charge in [0.2, 0.25) is 5.95 Å². The molecule has 4 aromatic rings. The van der Waals surface area contributed by atoms with Gasteiger partial charge < -0.3 is 29.7 Å². The van der Waals surface area contributed by atoms with Crippen molar-refractivity contribution in [3.63, 3.8) is 0 Å². The molecule has 0 radical (unpaired) electrons. The molecule has 2 saturated heterocycles. The molecule has 1 aromatic carbocycles. The average molecular weight is 640 g/mol. The lowest BCUT2D eigenvalue weighted by atomic mass is 9.97. The standard InChI is InChI=1S/C30H32Cl2N8O4/c1-5-20(41)6-17-11-40(19-10-34-39(2)12-19)13-22(17)37-30-33-9-16-7-21(36-29(28(16)38-30)35-18-14-44-15-18)25-26(31)23(42-3)8-24(43-4)27(25)32/h5,7-10,12,17-18,22H,1,6,11,13-15H2,2-4H3,(H,35,36)(H,33,37,38)/t17-,22+/m0/s1. The monoisotopic (exact) mass is 638 g/mol. The second-order valence-electron chi connectivity index (χ2n) is 10.8. The molecule has 12 nitrogen and oxygen atoms in total. The number of nitrogens with zero attached hydrogens (tertiary/aromatic N) is 6. The molecule has 2 fully saturated rings. The van der Waals surface area contributed by atoms with Crippen LogP contribution in [0.25, 0.3) is 22.2 Å². The van der Waals surface area contributed by atoms with Gasteiger partial charge >= 0.3 is 0 Å². The minimum atomic E-state index is -0.0953. The number of pyridine rings is 1. The molecule has 0 bridgehead atoms. The highest BCUT2D eigenvalue weighted by molar-refractivity contribution is 6.41. The van der Waals surface area contributed by atoms with Crippen LogP contribution in [-0.4, -0.2) is 83.1 Å². The fourth-order valence-corrected chi connectivity index (χ4v) is 6.19. The highest BCUT2D eigenvalue weighted by Crippen LogP contribution is 2.46. The minimum absolute atomic E-state index is 0.00769. The molecule has 0 amide bonds. The highest BCUT2D eigenvalue weighted by Gasteiger charge is 2.35. The quantitative estimate of drug-likeness (QED) is 0.223. The predicted molar refractivity (Wildman–Crippen MR) is 170 cm³/mol. The molecule has 5 heterocycles. The zero-order chi connectivity index (χ0) is 31.0. The number of ether oxygens (including phenoxy) is 3. The number of rotatable bonds is 11. The Labute approximate surface area is 264 Å². The van der Waals surface area contributed by atoms with E-state index in [4.69, 9.17) is 47.4 Å². The third-order valence-corrected chi connectivity index (χ3v) is 8.63. The van der Waals surface area contributed by atoms with Gasteiger partial charge in [0.25, 0.3) is 0 Å². The lowest BCUT2D eigenvalue weighted by Crippen LogP contribution is -2.40. The summed E-state index contributed by atoms with van der Waals surface area (Å²) in [6.07, 6.45) is 7.25. The van der Waals surface area contributed by atoms with Crippen molar-refractivity contribution in [1.82, 2.24) is 24.7 Å². The summed E-state index contributed by atoms with van der Waals surface area (Å²) >= 11 is 13.5. The van der Waals surface area contributed by atoms with Crippen molar-refractivity contribution in [3.05, 3.63) is 53.4 Å². The van der Waals surface area contributed by atoms with Gasteiger partial charge in [0.1, 0.15) is 17.0 Å². The van der Waals surface area contributed by atoms with Crippen molar-refractivity contribution in [1.29, 1.82) is 0 Å². The van der Waals surface area contributed by atoms with Crippen molar-refractivity contribution in [2.24, 2.45) is 13.0 Å². The van der Waals surface area contributed by atoms with E-state index in [1.54, 1.807) is 16.9 Å².